The Bertz CT molecular complexity index is 677. The summed E-state index contributed by atoms with van der Waals surface area (Å²) in [6.45, 7) is 0. The third kappa shape index (κ3) is 2.13. The summed E-state index contributed by atoms with van der Waals surface area (Å²) in [7, 11) is 0. The molecular weight excluding hydrogens is 222 g/mol. The van der Waals surface area contributed by atoms with E-state index in [-0.39, 0.29) is 0 Å². The van der Waals surface area contributed by atoms with E-state index in [0.29, 0.717) is 5.75 Å². The molecule has 0 fully saturated rings. The maximum atomic E-state index is 9.42. The van der Waals surface area contributed by atoms with Crippen LogP contribution in [-0.4, -0.2) is 5.11 Å². The van der Waals surface area contributed by atoms with E-state index >= 15 is 0 Å². The fourth-order valence-electron chi connectivity index (χ4n) is 2.00. The smallest absolute Gasteiger partial charge is 0.116 e. The monoisotopic (exact) mass is 235 g/mol. The van der Waals surface area contributed by atoms with Crippen molar-refractivity contribution in [2.45, 2.75) is 0 Å². The van der Waals surface area contributed by atoms with E-state index in [9.17, 15) is 5.11 Å². The van der Waals surface area contributed by atoms with Crippen LogP contribution in [0.5, 0.6) is 5.75 Å². The lowest BCUT2D eigenvalue weighted by Gasteiger charge is -2.07. The van der Waals surface area contributed by atoms with Gasteiger partial charge in [0.1, 0.15) is 5.75 Å². The number of anilines is 2. The molecule has 3 aromatic rings. The number of rotatable bonds is 2. The Morgan fingerprint density at radius 3 is 2.22 bits per heavy atom. The second-order valence-electron chi connectivity index (χ2n) is 4.24. The minimum absolute atomic E-state index is 0.297. The maximum Gasteiger partial charge on any atom is 0.116 e. The van der Waals surface area contributed by atoms with Gasteiger partial charge in [-0.15, -0.1) is 0 Å². The zero-order chi connectivity index (χ0) is 12.4. The van der Waals surface area contributed by atoms with E-state index in [4.69, 9.17) is 0 Å². The van der Waals surface area contributed by atoms with Crippen molar-refractivity contribution < 1.29 is 5.11 Å². The Morgan fingerprint density at radius 2 is 1.39 bits per heavy atom. The lowest BCUT2D eigenvalue weighted by Crippen LogP contribution is -1.89. The molecule has 0 heterocycles. The van der Waals surface area contributed by atoms with Crippen LogP contribution in [0.15, 0.2) is 66.7 Å². The molecule has 88 valence electrons. The molecule has 3 aromatic carbocycles. The van der Waals surface area contributed by atoms with Crippen LogP contribution in [0.3, 0.4) is 0 Å². The third-order valence-electron chi connectivity index (χ3n) is 2.89. The van der Waals surface area contributed by atoms with Crippen molar-refractivity contribution in [1.29, 1.82) is 0 Å². The highest BCUT2D eigenvalue weighted by Gasteiger charge is 1.98. The zero-order valence-corrected chi connectivity index (χ0v) is 9.80. The van der Waals surface area contributed by atoms with Crippen LogP contribution in [0.4, 0.5) is 11.4 Å². The molecule has 0 bridgehead atoms. The summed E-state index contributed by atoms with van der Waals surface area (Å²) in [5.41, 5.74) is 2.11. The molecule has 3 rings (SSSR count). The first-order chi connectivity index (χ1) is 8.81. The first-order valence-corrected chi connectivity index (χ1v) is 5.86. The molecule has 0 unspecified atom stereocenters. The molecule has 0 spiro atoms. The molecule has 2 heteroatoms. The highest BCUT2D eigenvalue weighted by Crippen LogP contribution is 2.24. The summed E-state index contributed by atoms with van der Waals surface area (Å²) in [5.74, 6) is 0.297. The average Bonchev–Trinajstić information content (AvgIpc) is 2.40. The van der Waals surface area contributed by atoms with Crippen molar-refractivity contribution >= 4 is 22.1 Å². The molecule has 0 aliphatic rings. The number of benzene rings is 3. The predicted octanol–water partition coefficient (Wildman–Crippen LogP) is 4.29. The molecule has 18 heavy (non-hydrogen) atoms. The van der Waals surface area contributed by atoms with Crippen LogP contribution in [0.1, 0.15) is 0 Å². The summed E-state index contributed by atoms with van der Waals surface area (Å²) < 4.78 is 0. The molecule has 0 aromatic heterocycles. The molecule has 0 radical (unpaired) electrons. The number of nitrogens with one attached hydrogen (secondary N) is 1. The predicted molar refractivity (Wildman–Crippen MR) is 75.3 cm³/mol. The van der Waals surface area contributed by atoms with E-state index < -0.39 is 0 Å². The number of phenols is 1. The average molecular weight is 235 g/mol. The SMILES string of the molecule is Oc1ccc2cc(Nc3ccccc3)ccc2c1. The molecule has 2 nitrogen and oxygen atoms in total. The lowest BCUT2D eigenvalue weighted by molar-refractivity contribution is 0.476. The van der Waals surface area contributed by atoms with Gasteiger partial charge in [-0.3, -0.25) is 0 Å². The number of hydrogen-bond donors (Lipinski definition) is 2. The molecule has 0 aliphatic heterocycles. The van der Waals surface area contributed by atoms with Crippen LogP contribution in [-0.2, 0) is 0 Å². The second-order valence-corrected chi connectivity index (χ2v) is 4.24. The molecule has 0 saturated carbocycles. The normalized spacial score (nSPS) is 10.4. The van der Waals surface area contributed by atoms with Gasteiger partial charge in [-0.05, 0) is 47.2 Å². The summed E-state index contributed by atoms with van der Waals surface area (Å²) in [6, 6.07) is 21.5. The largest absolute Gasteiger partial charge is 0.508 e. The van der Waals surface area contributed by atoms with Gasteiger partial charge in [-0.1, -0.05) is 30.3 Å². The first-order valence-electron chi connectivity index (χ1n) is 5.86. The minimum Gasteiger partial charge on any atom is -0.508 e. The maximum absolute atomic E-state index is 9.42. The standard InChI is InChI=1S/C16H13NO/c18-16-9-7-12-10-15(8-6-13(12)11-16)17-14-4-2-1-3-5-14/h1-11,17-18H. The van der Waals surface area contributed by atoms with E-state index in [0.717, 1.165) is 22.1 Å². The van der Waals surface area contributed by atoms with Crippen molar-refractivity contribution in [2.24, 2.45) is 0 Å². The number of hydrogen-bond acceptors (Lipinski definition) is 2. The summed E-state index contributed by atoms with van der Waals surface area (Å²) in [4.78, 5) is 0. The van der Waals surface area contributed by atoms with E-state index in [1.807, 2.05) is 48.5 Å². The lowest BCUT2D eigenvalue weighted by atomic mass is 10.1. The quantitative estimate of drug-likeness (QED) is 0.694. The van der Waals surface area contributed by atoms with Crippen LogP contribution in [0, 0.1) is 0 Å². The minimum atomic E-state index is 0.297. The van der Waals surface area contributed by atoms with Crippen molar-refractivity contribution in [3.63, 3.8) is 0 Å². The fourth-order valence-corrected chi connectivity index (χ4v) is 2.00. The van der Waals surface area contributed by atoms with Gasteiger partial charge in [-0.25, -0.2) is 0 Å². The highest BCUT2D eigenvalue weighted by molar-refractivity contribution is 5.87. The Labute approximate surface area is 106 Å². The second kappa shape index (κ2) is 4.41. The zero-order valence-electron chi connectivity index (χ0n) is 9.80. The Hall–Kier alpha value is -2.48. The van der Waals surface area contributed by atoms with E-state index in [1.54, 1.807) is 12.1 Å². The van der Waals surface area contributed by atoms with Gasteiger partial charge in [-0.2, -0.15) is 0 Å². The van der Waals surface area contributed by atoms with Gasteiger partial charge in [0.25, 0.3) is 0 Å². The van der Waals surface area contributed by atoms with Gasteiger partial charge in [0.05, 0.1) is 0 Å². The summed E-state index contributed by atoms with van der Waals surface area (Å²) in [6.07, 6.45) is 0. The van der Waals surface area contributed by atoms with Gasteiger partial charge in [0, 0.05) is 11.4 Å². The highest BCUT2D eigenvalue weighted by atomic mass is 16.3. The van der Waals surface area contributed by atoms with Gasteiger partial charge >= 0.3 is 0 Å². The van der Waals surface area contributed by atoms with Gasteiger partial charge in [0.15, 0.2) is 0 Å². The summed E-state index contributed by atoms with van der Waals surface area (Å²) >= 11 is 0. The van der Waals surface area contributed by atoms with E-state index in [1.165, 1.54) is 0 Å². The van der Waals surface area contributed by atoms with Crippen LogP contribution in [0.2, 0.25) is 0 Å². The molecule has 0 atom stereocenters. The van der Waals surface area contributed by atoms with Crippen molar-refractivity contribution in [3.8, 4) is 5.75 Å². The van der Waals surface area contributed by atoms with Crippen molar-refractivity contribution in [1.82, 2.24) is 0 Å². The first kappa shape index (κ1) is 10.7. The van der Waals surface area contributed by atoms with Crippen LogP contribution >= 0.6 is 0 Å². The Balaban J connectivity index is 1.96. The third-order valence-corrected chi connectivity index (χ3v) is 2.89. The molecular formula is C16H13NO. The molecule has 2 N–H and O–H groups in total. The number of para-hydroxylation sites is 1. The van der Waals surface area contributed by atoms with Gasteiger partial charge < -0.3 is 10.4 Å². The van der Waals surface area contributed by atoms with Gasteiger partial charge in [0.2, 0.25) is 0 Å². The van der Waals surface area contributed by atoms with Crippen molar-refractivity contribution in [3.05, 3.63) is 66.7 Å². The fraction of sp³-hybridized carbons (Fsp3) is 0. The number of aromatic hydroxyl groups is 1. The van der Waals surface area contributed by atoms with Crippen LogP contribution < -0.4 is 5.32 Å². The number of phenolic OH excluding ortho intramolecular Hbond substituents is 1. The van der Waals surface area contributed by atoms with Crippen molar-refractivity contribution in [2.75, 3.05) is 5.32 Å². The topological polar surface area (TPSA) is 32.3 Å². The molecule has 0 saturated heterocycles. The number of fused-ring (bicyclic) bond motifs is 1. The molecule has 0 amide bonds. The van der Waals surface area contributed by atoms with Crippen LogP contribution in [0.25, 0.3) is 10.8 Å². The summed E-state index contributed by atoms with van der Waals surface area (Å²) in [5, 5.41) is 14.9. The molecule has 0 aliphatic carbocycles. The van der Waals surface area contributed by atoms with E-state index in [2.05, 4.69) is 11.4 Å². The Morgan fingerprint density at radius 1 is 0.667 bits per heavy atom. The Kier molecular flexibility index (Phi) is 2.61.